The Labute approximate surface area is 164 Å². The number of piperazine rings is 1. The molecule has 0 spiro atoms. The average molecular weight is 376 g/mol. The van der Waals surface area contributed by atoms with Crippen molar-refractivity contribution in [3.8, 4) is 11.4 Å². The monoisotopic (exact) mass is 376 g/mol. The summed E-state index contributed by atoms with van der Waals surface area (Å²) in [6.45, 7) is 6.88. The van der Waals surface area contributed by atoms with Crippen molar-refractivity contribution in [1.82, 2.24) is 24.4 Å². The molecule has 0 aliphatic carbocycles. The van der Waals surface area contributed by atoms with Crippen LogP contribution in [0.3, 0.4) is 0 Å². The van der Waals surface area contributed by atoms with Crippen LogP contribution in [0.5, 0.6) is 0 Å². The molecule has 7 nitrogen and oxygen atoms in total. The molecule has 0 saturated carbocycles. The number of aryl methyl sites for hydroxylation is 2. The van der Waals surface area contributed by atoms with Crippen molar-refractivity contribution in [3.05, 3.63) is 59.8 Å². The number of benzene rings is 1. The first kappa shape index (κ1) is 18.2. The predicted octanol–water partition coefficient (Wildman–Crippen LogP) is 2.46. The van der Waals surface area contributed by atoms with Crippen molar-refractivity contribution >= 4 is 11.7 Å². The van der Waals surface area contributed by atoms with E-state index in [1.54, 1.807) is 12.5 Å². The second kappa shape index (κ2) is 7.42. The van der Waals surface area contributed by atoms with Crippen molar-refractivity contribution in [2.45, 2.75) is 13.8 Å². The highest BCUT2D eigenvalue weighted by molar-refractivity contribution is 6.00. The van der Waals surface area contributed by atoms with E-state index in [1.165, 1.54) is 0 Å². The molecule has 1 fully saturated rings. The molecule has 1 aromatic carbocycles. The van der Waals surface area contributed by atoms with E-state index >= 15 is 0 Å². The van der Waals surface area contributed by atoms with Gasteiger partial charge in [0.2, 0.25) is 0 Å². The highest BCUT2D eigenvalue weighted by atomic mass is 16.2. The first-order valence-electron chi connectivity index (χ1n) is 9.45. The molecule has 1 saturated heterocycles. The summed E-state index contributed by atoms with van der Waals surface area (Å²) in [5.41, 5.74) is 3.65. The molecule has 1 aliphatic rings. The van der Waals surface area contributed by atoms with E-state index in [1.807, 2.05) is 60.8 Å². The van der Waals surface area contributed by atoms with Gasteiger partial charge in [-0.1, -0.05) is 18.2 Å². The van der Waals surface area contributed by atoms with Crippen molar-refractivity contribution in [3.63, 3.8) is 0 Å². The van der Waals surface area contributed by atoms with E-state index in [2.05, 4.69) is 19.9 Å². The van der Waals surface area contributed by atoms with Gasteiger partial charge in [-0.05, 0) is 19.9 Å². The van der Waals surface area contributed by atoms with Crippen LogP contribution < -0.4 is 4.90 Å². The summed E-state index contributed by atoms with van der Waals surface area (Å²) in [5, 5.41) is 0. The van der Waals surface area contributed by atoms with Crippen LogP contribution in [0.15, 0.2) is 43.0 Å². The van der Waals surface area contributed by atoms with Gasteiger partial charge in [0.15, 0.2) is 0 Å². The summed E-state index contributed by atoms with van der Waals surface area (Å²) in [6.07, 6.45) is 5.25. The third-order valence-electron chi connectivity index (χ3n) is 5.40. The van der Waals surface area contributed by atoms with Crippen LogP contribution >= 0.6 is 0 Å². The van der Waals surface area contributed by atoms with E-state index in [9.17, 15) is 4.79 Å². The van der Waals surface area contributed by atoms with Gasteiger partial charge in [0.05, 0.1) is 5.56 Å². The van der Waals surface area contributed by atoms with Crippen LogP contribution in [0, 0.1) is 13.8 Å². The van der Waals surface area contributed by atoms with Crippen LogP contribution in [-0.4, -0.2) is 56.5 Å². The minimum atomic E-state index is 0.0499. The Morgan fingerprint density at radius 3 is 2.46 bits per heavy atom. The molecule has 1 aliphatic heterocycles. The molecule has 28 heavy (non-hydrogen) atoms. The molecule has 1 amide bonds. The van der Waals surface area contributed by atoms with Gasteiger partial charge in [0.1, 0.15) is 18.0 Å². The molecule has 3 aromatic rings. The van der Waals surface area contributed by atoms with E-state index in [0.717, 1.165) is 41.6 Å². The fourth-order valence-corrected chi connectivity index (χ4v) is 3.63. The standard InChI is InChI=1S/C21H24N6O/c1-15-16(2)23-14-24-19(15)26-10-12-27(13-11-26)21(28)18-7-5-4-6-17(18)20-22-8-9-25(20)3/h4-9,14H,10-13H2,1-3H3. The van der Waals surface area contributed by atoms with E-state index < -0.39 is 0 Å². The fraction of sp³-hybridized carbons (Fsp3) is 0.333. The maximum Gasteiger partial charge on any atom is 0.254 e. The van der Waals surface area contributed by atoms with E-state index in [4.69, 9.17) is 0 Å². The molecule has 0 N–H and O–H groups in total. The first-order valence-corrected chi connectivity index (χ1v) is 9.45. The summed E-state index contributed by atoms with van der Waals surface area (Å²) >= 11 is 0. The molecule has 2 aromatic heterocycles. The largest absolute Gasteiger partial charge is 0.353 e. The Bertz CT molecular complexity index is 1000. The average Bonchev–Trinajstić information content (AvgIpc) is 3.15. The first-order chi connectivity index (χ1) is 13.6. The summed E-state index contributed by atoms with van der Waals surface area (Å²) in [5.74, 6) is 1.82. The lowest BCUT2D eigenvalue weighted by molar-refractivity contribution is 0.0747. The third-order valence-corrected chi connectivity index (χ3v) is 5.40. The van der Waals surface area contributed by atoms with Crippen LogP contribution in [-0.2, 0) is 7.05 Å². The Balaban J connectivity index is 1.53. The quantitative estimate of drug-likeness (QED) is 0.702. The van der Waals surface area contributed by atoms with Gasteiger partial charge in [-0.25, -0.2) is 15.0 Å². The molecule has 3 heterocycles. The van der Waals surface area contributed by atoms with Crippen molar-refractivity contribution in [2.24, 2.45) is 7.05 Å². The molecular formula is C21H24N6O. The van der Waals surface area contributed by atoms with Gasteiger partial charge in [0, 0.05) is 62.4 Å². The SMILES string of the molecule is Cc1ncnc(N2CCN(C(=O)c3ccccc3-c3nccn3C)CC2)c1C. The highest BCUT2D eigenvalue weighted by Gasteiger charge is 2.26. The predicted molar refractivity (Wildman–Crippen MR) is 108 cm³/mol. The zero-order chi connectivity index (χ0) is 19.7. The van der Waals surface area contributed by atoms with Crippen LogP contribution in [0.1, 0.15) is 21.6 Å². The number of hydrogen-bond donors (Lipinski definition) is 0. The normalized spacial score (nSPS) is 14.4. The number of rotatable bonds is 3. The highest BCUT2D eigenvalue weighted by Crippen LogP contribution is 2.25. The Morgan fingerprint density at radius 2 is 1.75 bits per heavy atom. The fourth-order valence-electron chi connectivity index (χ4n) is 3.63. The number of imidazole rings is 1. The Hall–Kier alpha value is -3.22. The third kappa shape index (κ3) is 3.24. The second-order valence-corrected chi connectivity index (χ2v) is 7.09. The molecular weight excluding hydrogens is 352 g/mol. The van der Waals surface area contributed by atoms with Gasteiger partial charge < -0.3 is 14.4 Å². The summed E-state index contributed by atoms with van der Waals surface area (Å²) < 4.78 is 1.93. The summed E-state index contributed by atoms with van der Waals surface area (Å²) in [4.78, 5) is 30.5. The van der Waals surface area contributed by atoms with Crippen molar-refractivity contribution in [2.75, 3.05) is 31.1 Å². The van der Waals surface area contributed by atoms with Crippen molar-refractivity contribution < 1.29 is 4.79 Å². The lowest BCUT2D eigenvalue weighted by Gasteiger charge is -2.36. The molecule has 0 bridgehead atoms. The van der Waals surface area contributed by atoms with Crippen LogP contribution in [0.25, 0.3) is 11.4 Å². The number of anilines is 1. The minimum Gasteiger partial charge on any atom is -0.353 e. The van der Waals surface area contributed by atoms with Gasteiger partial charge in [0.25, 0.3) is 5.91 Å². The van der Waals surface area contributed by atoms with Gasteiger partial charge in [-0.15, -0.1) is 0 Å². The summed E-state index contributed by atoms with van der Waals surface area (Å²) in [6, 6.07) is 7.69. The Kier molecular flexibility index (Phi) is 4.81. The zero-order valence-electron chi connectivity index (χ0n) is 16.5. The molecule has 4 rings (SSSR count). The number of nitrogens with zero attached hydrogens (tertiary/aromatic N) is 6. The maximum absolute atomic E-state index is 13.2. The number of carbonyl (C=O) groups is 1. The number of hydrogen-bond acceptors (Lipinski definition) is 5. The molecule has 0 radical (unpaired) electrons. The lowest BCUT2D eigenvalue weighted by Crippen LogP contribution is -2.49. The molecule has 0 atom stereocenters. The van der Waals surface area contributed by atoms with Gasteiger partial charge in [-0.3, -0.25) is 4.79 Å². The molecule has 144 valence electrons. The van der Waals surface area contributed by atoms with Gasteiger partial charge >= 0.3 is 0 Å². The van der Waals surface area contributed by atoms with Crippen molar-refractivity contribution in [1.29, 1.82) is 0 Å². The number of aromatic nitrogens is 4. The molecule has 7 heteroatoms. The zero-order valence-corrected chi connectivity index (χ0v) is 16.5. The van der Waals surface area contributed by atoms with E-state index in [0.29, 0.717) is 18.7 Å². The topological polar surface area (TPSA) is 67.2 Å². The molecule has 0 unspecified atom stereocenters. The Morgan fingerprint density at radius 1 is 1.00 bits per heavy atom. The summed E-state index contributed by atoms with van der Waals surface area (Å²) in [7, 11) is 1.94. The number of amides is 1. The van der Waals surface area contributed by atoms with Crippen LogP contribution in [0.2, 0.25) is 0 Å². The smallest absolute Gasteiger partial charge is 0.254 e. The van der Waals surface area contributed by atoms with E-state index in [-0.39, 0.29) is 5.91 Å². The second-order valence-electron chi connectivity index (χ2n) is 7.09. The van der Waals surface area contributed by atoms with Gasteiger partial charge in [-0.2, -0.15) is 0 Å². The lowest BCUT2D eigenvalue weighted by atomic mass is 10.0. The maximum atomic E-state index is 13.2. The number of carbonyl (C=O) groups excluding carboxylic acids is 1. The van der Waals surface area contributed by atoms with Crippen LogP contribution in [0.4, 0.5) is 5.82 Å². The minimum absolute atomic E-state index is 0.0499.